The van der Waals surface area contributed by atoms with Crippen LogP contribution in [0.25, 0.3) is 0 Å². The van der Waals surface area contributed by atoms with E-state index in [0.29, 0.717) is 0 Å². The van der Waals surface area contributed by atoms with Gasteiger partial charge in [-0.25, -0.2) is 9.18 Å². The van der Waals surface area contributed by atoms with E-state index in [9.17, 15) is 9.18 Å². The van der Waals surface area contributed by atoms with Gasteiger partial charge >= 0.3 is 5.97 Å². The van der Waals surface area contributed by atoms with Crippen molar-refractivity contribution in [3.63, 3.8) is 0 Å². The summed E-state index contributed by atoms with van der Waals surface area (Å²) >= 11 is 0. The number of carboxylic acid groups (broad SMARTS) is 1. The highest BCUT2D eigenvalue weighted by molar-refractivity contribution is 5.70. The average Bonchev–Trinajstić information content (AvgIpc) is 2.36. The summed E-state index contributed by atoms with van der Waals surface area (Å²) in [4.78, 5) is 10.0. The number of carboxylic acids is 1. The summed E-state index contributed by atoms with van der Waals surface area (Å²) < 4.78 is 13.4. The number of hydrogen-bond donors (Lipinski definition) is 1. The maximum atomic E-state index is 12.5. The second-order valence-corrected chi connectivity index (χ2v) is 1.80. The van der Waals surface area contributed by atoms with Crippen molar-refractivity contribution in [3.8, 4) is 0 Å². The molecule has 0 aliphatic carbocycles. The Kier molecular flexibility index (Phi) is 1.71. The molecule has 0 radical (unpaired) electrons. The molecular weight excluding hydrogens is 137 g/mol. The van der Waals surface area contributed by atoms with Gasteiger partial charge in [-0.1, -0.05) is 0 Å². The first-order valence-corrected chi connectivity index (χ1v) is 2.71. The molecule has 1 N–H and O–H groups in total. The Labute approximate surface area is 56.7 Å². The zero-order valence-corrected chi connectivity index (χ0v) is 5.07. The molecule has 54 valence electrons. The molecule has 10 heavy (non-hydrogen) atoms. The van der Waals surface area contributed by atoms with E-state index in [2.05, 4.69) is 0 Å². The van der Waals surface area contributed by atoms with Crippen LogP contribution in [-0.2, 0) is 4.79 Å². The fourth-order valence-corrected chi connectivity index (χ4v) is 0.626. The Bertz CT molecular complexity index is 220. The molecule has 3 nitrogen and oxygen atoms in total. The number of nitrogens with zero attached hydrogens (tertiary/aromatic N) is 1. The largest absolute Gasteiger partial charge is 0.478 e. The Hall–Kier alpha value is -1.32. The van der Waals surface area contributed by atoms with Crippen molar-refractivity contribution in [1.82, 2.24) is 4.57 Å². The summed E-state index contributed by atoms with van der Waals surface area (Å²) in [6.07, 6.45) is 0.757. The van der Waals surface area contributed by atoms with Crippen molar-refractivity contribution in [3.05, 3.63) is 24.5 Å². The first kappa shape index (κ1) is 6.80. The summed E-state index contributed by atoms with van der Waals surface area (Å²) in [5.41, 5.74) is 0. The van der Waals surface area contributed by atoms with Crippen molar-refractivity contribution >= 4 is 5.97 Å². The topological polar surface area (TPSA) is 42.2 Å². The quantitative estimate of drug-likeness (QED) is 0.672. The Morgan fingerprint density at radius 1 is 1.50 bits per heavy atom. The zero-order chi connectivity index (χ0) is 7.56. The second-order valence-electron chi connectivity index (χ2n) is 1.80. The molecule has 0 aliphatic rings. The molecule has 1 aromatic heterocycles. The van der Waals surface area contributed by atoms with Gasteiger partial charge in [0.2, 0.25) is 0 Å². The molecular formula is C6H6FNO2. The maximum absolute atomic E-state index is 12.5. The zero-order valence-electron chi connectivity index (χ0n) is 5.07. The van der Waals surface area contributed by atoms with Gasteiger partial charge in [0.15, 0.2) is 0 Å². The molecule has 0 saturated carbocycles. The number of aromatic nitrogens is 1. The average molecular weight is 143 g/mol. The lowest BCUT2D eigenvalue weighted by molar-refractivity contribution is -0.146. The van der Waals surface area contributed by atoms with Crippen molar-refractivity contribution in [2.24, 2.45) is 0 Å². The molecule has 0 bridgehead atoms. The van der Waals surface area contributed by atoms with E-state index in [1.54, 1.807) is 12.1 Å². The van der Waals surface area contributed by atoms with Gasteiger partial charge in [-0.2, -0.15) is 0 Å². The van der Waals surface area contributed by atoms with Crippen LogP contribution in [0, 0.1) is 0 Å². The van der Waals surface area contributed by atoms with Gasteiger partial charge in [-0.3, -0.25) is 0 Å². The molecule has 4 heteroatoms. The number of carbonyl (C=O) groups is 1. The van der Waals surface area contributed by atoms with Crippen LogP contribution in [0.4, 0.5) is 4.39 Å². The monoisotopic (exact) mass is 143 g/mol. The Morgan fingerprint density at radius 2 is 2.00 bits per heavy atom. The first-order chi connectivity index (χ1) is 4.72. The lowest BCUT2D eigenvalue weighted by Crippen LogP contribution is -2.11. The van der Waals surface area contributed by atoms with E-state index in [1.165, 1.54) is 12.4 Å². The smallest absolute Gasteiger partial charge is 0.359 e. The van der Waals surface area contributed by atoms with Crippen molar-refractivity contribution in [1.29, 1.82) is 0 Å². The molecule has 1 atom stereocenters. The predicted octanol–water partition coefficient (Wildman–Crippen LogP) is 1.04. The molecule has 0 aromatic carbocycles. The Balaban J connectivity index is 2.77. The van der Waals surface area contributed by atoms with Crippen molar-refractivity contribution in [2.75, 3.05) is 0 Å². The van der Waals surface area contributed by atoms with Crippen molar-refractivity contribution < 1.29 is 14.3 Å². The number of aliphatic carboxylic acids is 1. The highest BCUT2D eigenvalue weighted by Gasteiger charge is 2.15. The molecule has 1 aromatic rings. The minimum Gasteiger partial charge on any atom is -0.478 e. The summed E-state index contributed by atoms with van der Waals surface area (Å²) in [5, 5.41) is 8.16. The van der Waals surface area contributed by atoms with E-state index < -0.39 is 12.3 Å². The van der Waals surface area contributed by atoms with Gasteiger partial charge in [-0.15, -0.1) is 0 Å². The fourth-order valence-electron chi connectivity index (χ4n) is 0.626. The summed E-state index contributed by atoms with van der Waals surface area (Å²) in [6, 6.07) is 3.13. The van der Waals surface area contributed by atoms with Gasteiger partial charge < -0.3 is 9.67 Å². The lowest BCUT2D eigenvalue weighted by Gasteiger charge is -2.02. The molecule has 0 aliphatic heterocycles. The van der Waals surface area contributed by atoms with Crippen LogP contribution in [0.5, 0.6) is 0 Å². The molecule has 0 amide bonds. The normalized spacial score (nSPS) is 12.9. The van der Waals surface area contributed by atoms with E-state index in [1.807, 2.05) is 0 Å². The predicted molar refractivity (Wildman–Crippen MR) is 32.2 cm³/mol. The minimum atomic E-state index is -1.96. The van der Waals surface area contributed by atoms with Crippen LogP contribution >= 0.6 is 0 Å². The fraction of sp³-hybridized carbons (Fsp3) is 0.167. The van der Waals surface area contributed by atoms with Crippen LogP contribution in [0.15, 0.2) is 24.5 Å². The third-order valence-electron chi connectivity index (χ3n) is 1.09. The molecule has 0 spiro atoms. The van der Waals surface area contributed by atoms with E-state index in [-0.39, 0.29) is 0 Å². The third-order valence-corrected chi connectivity index (χ3v) is 1.09. The van der Waals surface area contributed by atoms with E-state index >= 15 is 0 Å². The van der Waals surface area contributed by atoms with Crippen LogP contribution < -0.4 is 0 Å². The molecule has 0 saturated heterocycles. The lowest BCUT2D eigenvalue weighted by atomic mass is 10.6. The minimum absolute atomic E-state index is 0.975. The number of alkyl halides is 1. The molecule has 1 unspecified atom stereocenters. The summed E-state index contributed by atoms with van der Waals surface area (Å²) in [5.74, 6) is -1.48. The van der Waals surface area contributed by atoms with E-state index in [0.717, 1.165) is 4.57 Å². The number of halogens is 1. The highest BCUT2D eigenvalue weighted by atomic mass is 19.1. The van der Waals surface area contributed by atoms with Gasteiger partial charge in [-0.05, 0) is 12.1 Å². The summed E-state index contributed by atoms with van der Waals surface area (Å²) in [6.45, 7) is 0. The number of rotatable bonds is 2. The second kappa shape index (κ2) is 2.51. The van der Waals surface area contributed by atoms with Gasteiger partial charge in [0.25, 0.3) is 6.30 Å². The van der Waals surface area contributed by atoms with Crippen molar-refractivity contribution in [2.45, 2.75) is 6.30 Å². The Morgan fingerprint density at radius 3 is 2.40 bits per heavy atom. The molecule has 1 heterocycles. The number of hydrogen-bond acceptors (Lipinski definition) is 1. The van der Waals surface area contributed by atoms with Crippen LogP contribution in [0.1, 0.15) is 6.30 Å². The van der Waals surface area contributed by atoms with Crippen LogP contribution in [0.3, 0.4) is 0 Å². The SMILES string of the molecule is O=C(O)C(F)n1cccc1. The van der Waals surface area contributed by atoms with Crippen LogP contribution in [0.2, 0.25) is 0 Å². The summed E-state index contributed by atoms with van der Waals surface area (Å²) in [7, 11) is 0. The third kappa shape index (κ3) is 1.15. The van der Waals surface area contributed by atoms with Crippen LogP contribution in [-0.4, -0.2) is 15.6 Å². The van der Waals surface area contributed by atoms with Gasteiger partial charge in [0.1, 0.15) is 0 Å². The first-order valence-electron chi connectivity index (χ1n) is 2.71. The van der Waals surface area contributed by atoms with E-state index in [4.69, 9.17) is 5.11 Å². The standard InChI is InChI=1S/C6H6FNO2/c7-5(6(9)10)8-3-1-2-4-8/h1-5H,(H,9,10). The maximum Gasteiger partial charge on any atom is 0.359 e. The molecule has 1 rings (SSSR count). The van der Waals surface area contributed by atoms with Gasteiger partial charge in [0.05, 0.1) is 0 Å². The highest BCUT2D eigenvalue weighted by Crippen LogP contribution is 2.07. The molecule has 0 fully saturated rings. The van der Waals surface area contributed by atoms with Gasteiger partial charge in [0, 0.05) is 12.4 Å².